The molecular weight excluding hydrogens is 395 g/mol. The molecule has 0 aliphatic carbocycles. The highest BCUT2D eigenvalue weighted by atomic mass is 19.4. The summed E-state index contributed by atoms with van der Waals surface area (Å²) in [5.74, 6) is -0.695. The number of benzene rings is 2. The first-order chi connectivity index (χ1) is 14.2. The summed E-state index contributed by atoms with van der Waals surface area (Å²) in [7, 11) is 0. The molecule has 2 amide bonds. The molecule has 0 heterocycles. The Morgan fingerprint density at radius 2 is 1.63 bits per heavy atom. The summed E-state index contributed by atoms with van der Waals surface area (Å²) in [4.78, 5) is 26.1. The topological polar surface area (TPSA) is 61.4 Å². The molecule has 2 aromatic rings. The van der Waals surface area contributed by atoms with Gasteiger partial charge in [0.05, 0.1) is 23.4 Å². The lowest BCUT2D eigenvalue weighted by molar-refractivity contribution is -0.137. The standard InChI is InChI=1S/C22H26F3N3O2/c1-3-28(4-2)19-11-10-17(22(23,24)25)15-18(19)27-20(29)12-13-26-21(30)14-16-8-6-5-7-9-16/h5-11,15H,3-4,12-14H2,1-2H3,(H,26,30)(H,27,29). The molecule has 0 atom stereocenters. The number of anilines is 2. The number of halogens is 3. The van der Waals surface area contributed by atoms with Gasteiger partial charge in [-0.1, -0.05) is 30.3 Å². The van der Waals surface area contributed by atoms with Crippen LogP contribution in [0.5, 0.6) is 0 Å². The molecule has 0 bridgehead atoms. The fourth-order valence-corrected chi connectivity index (χ4v) is 3.02. The predicted octanol–water partition coefficient (Wildman–Crippen LogP) is 4.24. The molecule has 2 rings (SSSR count). The van der Waals surface area contributed by atoms with E-state index in [1.807, 2.05) is 49.1 Å². The largest absolute Gasteiger partial charge is 0.416 e. The highest BCUT2D eigenvalue weighted by molar-refractivity contribution is 5.95. The fourth-order valence-electron chi connectivity index (χ4n) is 3.02. The van der Waals surface area contributed by atoms with Crippen molar-refractivity contribution in [2.75, 3.05) is 29.9 Å². The summed E-state index contributed by atoms with van der Waals surface area (Å²) in [5.41, 5.74) is 0.653. The van der Waals surface area contributed by atoms with E-state index >= 15 is 0 Å². The lowest BCUT2D eigenvalue weighted by Gasteiger charge is -2.25. The molecule has 0 spiro atoms. The molecule has 0 aliphatic rings. The van der Waals surface area contributed by atoms with Crippen LogP contribution in [-0.2, 0) is 22.2 Å². The van der Waals surface area contributed by atoms with Gasteiger partial charge < -0.3 is 15.5 Å². The van der Waals surface area contributed by atoms with Gasteiger partial charge in [-0.15, -0.1) is 0 Å². The second-order valence-corrected chi connectivity index (χ2v) is 6.71. The van der Waals surface area contributed by atoms with Crippen LogP contribution in [0.15, 0.2) is 48.5 Å². The van der Waals surface area contributed by atoms with E-state index in [0.717, 1.165) is 17.7 Å². The van der Waals surface area contributed by atoms with E-state index in [1.165, 1.54) is 6.07 Å². The molecule has 0 fully saturated rings. The summed E-state index contributed by atoms with van der Waals surface area (Å²) in [6, 6.07) is 12.5. The van der Waals surface area contributed by atoms with Crippen molar-refractivity contribution in [2.45, 2.75) is 32.9 Å². The minimum atomic E-state index is -4.51. The number of carbonyl (C=O) groups excluding carboxylic acids is 2. The molecule has 0 aromatic heterocycles. The van der Waals surface area contributed by atoms with Crippen molar-refractivity contribution in [3.05, 3.63) is 59.7 Å². The van der Waals surface area contributed by atoms with Crippen LogP contribution in [0.25, 0.3) is 0 Å². The van der Waals surface area contributed by atoms with Crippen molar-refractivity contribution in [3.63, 3.8) is 0 Å². The maximum absolute atomic E-state index is 13.1. The van der Waals surface area contributed by atoms with Gasteiger partial charge in [0, 0.05) is 26.1 Å². The second kappa shape index (κ2) is 10.7. The van der Waals surface area contributed by atoms with Crippen LogP contribution >= 0.6 is 0 Å². The molecule has 8 heteroatoms. The maximum atomic E-state index is 13.1. The first kappa shape index (κ1) is 23.3. The van der Waals surface area contributed by atoms with E-state index in [4.69, 9.17) is 0 Å². The lowest BCUT2D eigenvalue weighted by Crippen LogP contribution is -2.29. The van der Waals surface area contributed by atoms with Gasteiger partial charge in [0.2, 0.25) is 11.8 Å². The summed E-state index contributed by atoms with van der Waals surface area (Å²) < 4.78 is 39.3. The molecule has 162 valence electrons. The van der Waals surface area contributed by atoms with Crippen molar-refractivity contribution in [3.8, 4) is 0 Å². The molecule has 0 radical (unpaired) electrons. The Balaban J connectivity index is 1.99. The maximum Gasteiger partial charge on any atom is 0.416 e. The third-order valence-electron chi connectivity index (χ3n) is 4.58. The van der Waals surface area contributed by atoms with Crippen LogP contribution in [0.1, 0.15) is 31.4 Å². The van der Waals surface area contributed by atoms with Gasteiger partial charge in [-0.05, 0) is 37.6 Å². The Labute approximate surface area is 174 Å². The van der Waals surface area contributed by atoms with Gasteiger partial charge >= 0.3 is 6.18 Å². The summed E-state index contributed by atoms with van der Waals surface area (Å²) in [5, 5.41) is 5.22. The van der Waals surface area contributed by atoms with Crippen LogP contribution in [0.2, 0.25) is 0 Å². The Bertz CT molecular complexity index is 850. The van der Waals surface area contributed by atoms with Crippen LogP contribution in [0.3, 0.4) is 0 Å². The summed E-state index contributed by atoms with van der Waals surface area (Å²) in [6.45, 7) is 5.03. The van der Waals surface area contributed by atoms with Crippen molar-refractivity contribution < 1.29 is 22.8 Å². The van der Waals surface area contributed by atoms with Gasteiger partial charge in [0.15, 0.2) is 0 Å². The van der Waals surface area contributed by atoms with E-state index in [-0.39, 0.29) is 31.0 Å². The van der Waals surface area contributed by atoms with Crippen LogP contribution < -0.4 is 15.5 Å². The lowest BCUT2D eigenvalue weighted by atomic mass is 10.1. The van der Waals surface area contributed by atoms with E-state index in [2.05, 4.69) is 10.6 Å². The highest BCUT2D eigenvalue weighted by Crippen LogP contribution is 2.35. The van der Waals surface area contributed by atoms with E-state index in [9.17, 15) is 22.8 Å². The van der Waals surface area contributed by atoms with Crippen LogP contribution in [0.4, 0.5) is 24.5 Å². The zero-order valence-electron chi connectivity index (χ0n) is 17.1. The number of alkyl halides is 3. The molecule has 2 N–H and O–H groups in total. The van der Waals surface area contributed by atoms with Crippen LogP contribution in [-0.4, -0.2) is 31.4 Å². The molecule has 0 unspecified atom stereocenters. The first-order valence-corrected chi connectivity index (χ1v) is 9.81. The number of hydrogen-bond acceptors (Lipinski definition) is 3. The number of amides is 2. The summed E-state index contributed by atoms with van der Waals surface area (Å²) in [6.07, 6.45) is -4.36. The average Bonchev–Trinajstić information content (AvgIpc) is 2.70. The Morgan fingerprint density at radius 3 is 2.23 bits per heavy atom. The highest BCUT2D eigenvalue weighted by Gasteiger charge is 2.31. The molecule has 0 saturated heterocycles. The first-order valence-electron chi connectivity index (χ1n) is 9.81. The predicted molar refractivity (Wildman–Crippen MR) is 111 cm³/mol. The number of rotatable bonds is 9. The smallest absolute Gasteiger partial charge is 0.370 e. The molecule has 0 saturated carbocycles. The van der Waals surface area contributed by atoms with E-state index < -0.39 is 17.6 Å². The Hall–Kier alpha value is -3.03. The zero-order chi connectivity index (χ0) is 22.1. The molecule has 5 nitrogen and oxygen atoms in total. The minimum absolute atomic E-state index is 0.0472. The Kier molecular flexibility index (Phi) is 8.26. The minimum Gasteiger partial charge on any atom is -0.370 e. The summed E-state index contributed by atoms with van der Waals surface area (Å²) >= 11 is 0. The van der Waals surface area contributed by atoms with Crippen molar-refractivity contribution in [2.24, 2.45) is 0 Å². The third-order valence-corrected chi connectivity index (χ3v) is 4.58. The zero-order valence-corrected chi connectivity index (χ0v) is 17.1. The average molecular weight is 421 g/mol. The third kappa shape index (κ3) is 6.79. The van der Waals surface area contributed by atoms with Gasteiger partial charge in [0.25, 0.3) is 0 Å². The van der Waals surface area contributed by atoms with Gasteiger partial charge in [-0.25, -0.2) is 0 Å². The van der Waals surface area contributed by atoms with E-state index in [1.54, 1.807) is 0 Å². The second-order valence-electron chi connectivity index (χ2n) is 6.71. The monoisotopic (exact) mass is 421 g/mol. The SMILES string of the molecule is CCN(CC)c1ccc(C(F)(F)F)cc1NC(=O)CCNC(=O)Cc1ccccc1. The normalized spacial score (nSPS) is 11.1. The molecule has 2 aromatic carbocycles. The quantitative estimate of drug-likeness (QED) is 0.637. The van der Waals surface area contributed by atoms with Crippen molar-refractivity contribution >= 4 is 23.2 Å². The number of hydrogen-bond donors (Lipinski definition) is 2. The van der Waals surface area contributed by atoms with Crippen molar-refractivity contribution in [1.29, 1.82) is 0 Å². The number of nitrogens with zero attached hydrogens (tertiary/aromatic N) is 1. The number of carbonyl (C=O) groups is 2. The molecule has 30 heavy (non-hydrogen) atoms. The van der Waals surface area contributed by atoms with Gasteiger partial charge in [-0.2, -0.15) is 13.2 Å². The van der Waals surface area contributed by atoms with Crippen LogP contribution in [0, 0.1) is 0 Å². The van der Waals surface area contributed by atoms with Crippen molar-refractivity contribution in [1.82, 2.24) is 5.32 Å². The molecule has 0 aliphatic heterocycles. The Morgan fingerprint density at radius 1 is 0.967 bits per heavy atom. The number of nitrogens with one attached hydrogen (secondary N) is 2. The fraction of sp³-hybridized carbons (Fsp3) is 0.364. The van der Waals surface area contributed by atoms with Gasteiger partial charge in [0.1, 0.15) is 0 Å². The van der Waals surface area contributed by atoms with E-state index in [0.29, 0.717) is 18.8 Å². The molecular formula is C22H26F3N3O2. The van der Waals surface area contributed by atoms with Gasteiger partial charge in [-0.3, -0.25) is 9.59 Å².